The molecule has 0 spiro atoms. The third-order valence-corrected chi connectivity index (χ3v) is 2.04. The molecule has 0 heterocycles. The highest BCUT2D eigenvalue weighted by Crippen LogP contribution is 2.22. The van der Waals surface area contributed by atoms with E-state index in [9.17, 15) is 13.2 Å². The lowest BCUT2D eigenvalue weighted by Gasteiger charge is -2.09. The van der Waals surface area contributed by atoms with Gasteiger partial charge in [0.1, 0.15) is 0 Å². The maximum atomic E-state index is 12.0. The zero-order valence-corrected chi connectivity index (χ0v) is 7.86. The molecule has 0 aromatic heterocycles. The van der Waals surface area contributed by atoms with Crippen LogP contribution in [0.3, 0.4) is 0 Å². The first kappa shape index (κ1) is 11.0. The quantitative estimate of drug-likeness (QED) is 0.785. The van der Waals surface area contributed by atoms with Crippen LogP contribution in [0.5, 0.6) is 0 Å². The monoisotopic (exact) mass is 203 g/mol. The number of hydrogen-bond donors (Lipinski definition) is 1. The molecular weight excluding hydrogens is 191 g/mol. The molecule has 1 rings (SSSR count). The number of halogens is 3. The second kappa shape index (κ2) is 4.00. The highest BCUT2D eigenvalue weighted by atomic mass is 19.4. The van der Waals surface area contributed by atoms with E-state index in [1.165, 1.54) is 12.1 Å². The highest BCUT2D eigenvalue weighted by molar-refractivity contribution is 5.31. The smallest absolute Gasteiger partial charge is 0.326 e. The van der Waals surface area contributed by atoms with E-state index in [2.05, 4.69) is 0 Å². The Balaban J connectivity index is 2.90. The number of rotatable bonds is 2. The van der Waals surface area contributed by atoms with E-state index in [4.69, 9.17) is 5.73 Å². The molecule has 0 saturated carbocycles. The fourth-order valence-electron chi connectivity index (χ4n) is 1.29. The minimum atomic E-state index is -4.15. The van der Waals surface area contributed by atoms with Crippen LogP contribution in [0.15, 0.2) is 18.2 Å². The summed E-state index contributed by atoms with van der Waals surface area (Å²) < 4.78 is 36.1. The topological polar surface area (TPSA) is 26.0 Å². The molecule has 14 heavy (non-hydrogen) atoms. The zero-order chi connectivity index (χ0) is 10.8. The molecule has 2 N–H and O–H groups in total. The lowest BCUT2D eigenvalue weighted by Crippen LogP contribution is -2.12. The Kier molecular flexibility index (Phi) is 3.16. The average Bonchev–Trinajstić information content (AvgIpc) is 2.06. The van der Waals surface area contributed by atoms with Crippen LogP contribution in [-0.2, 0) is 13.0 Å². The molecule has 0 amide bonds. The molecule has 1 nitrogen and oxygen atoms in total. The maximum absolute atomic E-state index is 12.0. The lowest BCUT2D eigenvalue weighted by atomic mass is 10.0. The highest BCUT2D eigenvalue weighted by Gasteiger charge is 2.27. The fourth-order valence-corrected chi connectivity index (χ4v) is 1.29. The molecule has 1 aromatic rings. The standard InChI is InChI=1S/C10H12F3N/c1-7-2-3-8(4-9(7)6-14)5-10(11,12)13/h2-4H,5-6,14H2,1H3. The minimum Gasteiger partial charge on any atom is -0.326 e. The van der Waals surface area contributed by atoms with E-state index < -0.39 is 12.6 Å². The number of aryl methyl sites for hydroxylation is 1. The molecule has 0 bridgehead atoms. The Hall–Kier alpha value is -1.03. The molecule has 78 valence electrons. The van der Waals surface area contributed by atoms with Gasteiger partial charge >= 0.3 is 6.18 Å². The van der Waals surface area contributed by atoms with E-state index in [-0.39, 0.29) is 12.1 Å². The van der Waals surface area contributed by atoms with Gasteiger partial charge in [-0.05, 0) is 23.6 Å². The number of hydrogen-bond acceptors (Lipinski definition) is 1. The van der Waals surface area contributed by atoms with Crippen LogP contribution in [0.2, 0.25) is 0 Å². The van der Waals surface area contributed by atoms with Gasteiger partial charge in [0.2, 0.25) is 0 Å². The Bertz CT molecular complexity index is 318. The van der Waals surface area contributed by atoms with Crippen LogP contribution in [0.1, 0.15) is 16.7 Å². The van der Waals surface area contributed by atoms with Crippen molar-refractivity contribution < 1.29 is 13.2 Å². The summed E-state index contributed by atoms with van der Waals surface area (Å²) in [7, 11) is 0. The summed E-state index contributed by atoms with van der Waals surface area (Å²) in [6.45, 7) is 2.11. The van der Waals surface area contributed by atoms with Crippen LogP contribution >= 0.6 is 0 Å². The summed E-state index contributed by atoms with van der Waals surface area (Å²) in [5.41, 5.74) is 7.37. The van der Waals surface area contributed by atoms with Gasteiger partial charge in [-0.1, -0.05) is 18.2 Å². The van der Waals surface area contributed by atoms with Crippen LogP contribution in [0.25, 0.3) is 0 Å². The third kappa shape index (κ3) is 3.03. The molecule has 4 heteroatoms. The van der Waals surface area contributed by atoms with Gasteiger partial charge in [0.05, 0.1) is 6.42 Å². The second-order valence-corrected chi connectivity index (χ2v) is 3.26. The molecule has 0 atom stereocenters. The Morgan fingerprint density at radius 2 is 1.93 bits per heavy atom. The largest absolute Gasteiger partial charge is 0.393 e. The Morgan fingerprint density at radius 1 is 1.29 bits per heavy atom. The van der Waals surface area contributed by atoms with E-state index in [1.807, 2.05) is 6.92 Å². The van der Waals surface area contributed by atoms with Crippen LogP contribution < -0.4 is 5.73 Å². The van der Waals surface area contributed by atoms with Crippen LogP contribution in [0, 0.1) is 6.92 Å². The van der Waals surface area contributed by atoms with Gasteiger partial charge < -0.3 is 5.73 Å². The molecular formula is C10H12F3N. The van der Waals surface area contributed by atoms with Gasteiger partial charge in [-0.25, -0.2) is 0 Å². The van der Waals surface area contributed by atoms with Crippen molar-refractivity contribution in [3.63, 3.8) is 0 Å². The maximum Gasteiger partial charge on any atom is 0.393 e. The van der Waals surface area contributed by atoms with E-state index in [0.717, 1.165) is 11.1 Å². The number of alkyl halides is 3. The minimum absolute atomic E-state index is 0.267. The number of benzene rings is 1. The van der Waals surface area contributed by atoms with Crippen molar-refractivity contribution >= 4 is 0 Å². The zero-order valence-electron chi connectivity index (χ0n) is 7.86. The number of nitrogens with two attached hydrogens (primary N) is 1. The molecule has 0 unspecified atom stereocenters. The van der Waals surface area contributed by atoms with Crippen molar-refractivity contribution in [3.05, 3.63) is 34.9 Å². The third-order valence-electron chi connectivity index (χ3n) is 2.04. The predicted molar refractivity (Wildman–Crippen MR) is 48.8 cm³/mol. The summed E-state index contributed by atoms with van der Waals surface area (Å²) in [6, 6.07) is 4.67. The summed E-state index contributed by atoms with van der Waals surface area (Å²) >= 11 is 0. The van der Waals surface area contributed by atoms with E-state index >= 15 is 0 Å². The summed E-state index contributed by atoms with van der Waals surface area (Å²) in [4.78, 5) is 0. The first-order chi connectivity index (χ1) is 6.42. The fraction of sp³-hybridized carbons (Fsp3) is 0.400. The van der Waals surface area contributed by atoms with Crippen molar-refractivity contribution in [2.24, 2.45) is 5.73 Å². The second-order valence-electron chi connectivity index (χ2n) is 3.26. The first-order valence-corrected chi connectivity index (χ1v) is 4.27. The molecule has 0 fully saturated rings. The van der Waals surface area contributed by atoms with Gasteiger partial charge in [-0.2, -0.15) is 13.2 Å². The molecule has 1 aromatic carbocycles. The first-order valence-electron chi connectivity index (χ1n) is 4.27. The van der Waals surface area contributed by atoms with Crippen molar-refractivity contribution in [1.29, 1.82) is 0 Å². The average molecular weight is 203 g/mol. The van der Waals surface area contributed by atoms with Crippen molar-refractivity contribution in [1.82, 2.24) is 0 Å². The Morgan fingerprint density at radius 3 is 2.43 bits per heavy atom. The molecule has 0 aliphatic carbocycles. The SMILES string of the molecule is Cc1ccc(CC(F)(F)F)cc1CN. The lowest BCUT2D eigenvalue weighted by molar-refractivity contribution is -0.127. The van der Waals surface area contributed by atoms with E-state index in [0.29, 0.717) is 0 Å². The molecule has 0 aliphatic rings. The van der Waals surface area contributed by atoms with Gasteiger partial charge in [0.15, 0.2) is 0 Å². The van der Waals surface area contributed by atoms with Gasteiger partial charge in [-0.3, -0.25) is 0 Å². The van der Waals surface area contributed by atoms with Gasteiger partial charge in [0, 0.05) is 6.54 Å². The molecule has 0 aliphatic heterocycles. The summed E-state index contributed by atoms with van der Waals surface area (Å²) in [5.74, 6) is 0. The summed E-state index contributed by atoms with van der Waals surface area (Å²) in [5, 5.41) is 0. The van der Waals surface area contributed by atoms with Crippen LogP contribution in [0.4, 0.5) is 13.2 Å². The van der Waals surface area contributed by atoms with Gasteiger partial charge in [0.25, 0.3) is 0 Å². The summed E-state index contributed by atoms with van der Waals surface area (Å²) in [6.07, 6.45) is -5.04. The van der Waals surface area contributed by atoms with Crippen molar-refractivity contribution in [2.45, 2.75) is 26.1 Å². The Labute approximate surface area is 80.7 Å². The van der Waals surface area contributed by atoms with Crippen molar-refractivity contribution in [3.8, 4) is 0 Å². The normalized spacial score (nSPS) is 11.8. The molecule has 0 saturated heterocycles. The van der Waals surface area contributed by atoms with Gasteiger partial charge in [-0.15, -0.1) is 0 Å². The molecule has 0 radical (unpaired) electrons. The van der Waals surface area contributed by atoms with Crippen LogP contribution in [-0.4, -0.2) is 6.18 Å². The predicted octanol–water partition coefficient (Wildman–Crippen LogP) is 2.56. The van der Waals surface area contributed by atoms with E-state index in [1.54, 1.807) is 6.07 Å². The van der Waals surface area contributed by atoms with Crippen molar-refractivity contribution in [2.75, 3.05) is 0 Å².